The summed E-state index contributed by atoms with van der Waals surface area (Å²) in [6.45, 7) is 15.7. The molecule has 28 heavy (non-hydrogen) atoms. The van der Waals surface area contributed by atoms with Crippen LogP contribution in [0.5, 0.6) is 0 Å². The molecule has 0 bridgehead atoms. The van der Waals surface area contributed by atoms with Gasteiger partial charge in [0.05, 0.1) is 6.10 Å². The quantitative estimate of drug-likeness (QED) is 0.298. The molecule has 2 amide bonds. The van der Waals surface area contributed by atoms with Gasteiger partial charge in [-0.25, -0.2) is 5.48 Å². The van der Waals surface area contributed by atoms with Crippen LogP contribution in [0.2, 0.25) is 0 Å². The topological polar surface area (TPSA) is 67.4 Å². The molecule has 0 aliphatic rings. The molecule has 0 aromatic rings. The largest absolute Gasteiger partial charge is 0.353 e. The Morgan fingerprint density at radius 2 is 1.21 bits per heavy atom. The molecule has 0 aliphatic carbocycles. The Balaban J connectivity index is 3.63. The second kappa shape index (κ2) is 14.0. The monoisotopic (exact) mass is 398 g/mol. The van der Waals surface area contributed by atoms with Crippen LogP contribution >= 0.6 is 0 Å². The second-order valence-electron chi connectivity index (χ2n) is 10.5. The number of carbonyl (C=O) groups excluding carboxylic acids is 2. The lowest BCUT2D eigenvalue weighted by Gasteiger charge is -2.17. The molecule has 1 unspecified atom stereocenters. The molecule has 0 fully saturated rings. The van der Waals surface area contributed by atoms with Crippen molar-refractivity contribution in [2.75, 3.05) is 6.54 Å². The first kappa shape index (κ1) is 26.9. The Morgan fingerprint density at radius 1 is 0.750 bits per heavy atom. The summed E-state index contributed by atoms with van der Waals surface area (Å²) in [5.74, 6) is -0.0378. The summed E-state index contributed by atoms with van der Waals surface area (Å²) < 4.78 is 0. The van der Waals surface area contributed by atoms with E-state index in [2.05, 4.69) is 52.3 Å². The fourth-order valence-electron chi connectivity index (χ4n) is 2.84. The average Bonchev–Trinajstić information content (AvgIpc) is 2.55. The van der Waals surface area contributed by atoms with Crippen molar-refractivity contribution in [3.05, 3.63) is 0 Å². The molecule has 1 atom stereocenters. The van der Waals surface area contributed by atoms with Gasteiger partial charge in [-0.15, -0.1) is 0 Å². The SMILES string of the molecule is CC(CNC(=O)CCCCCC(C)(C)C)ONC(=O)CCCCCC(C)(C)C. The first-order valence-electron chi connectivity index (χ1n) is 11.1. The van der Waals surface area contributed by atoms with Crippen LogP contribution in [0.3, 0.4) is 0 Å². The Labute approximate surface area is 173 Å². The Kier molecular flexibility index (Phi) is 13.4. The highest BCUT2D eigenvalue weighted by atomic mass is 16.7. The van der Waals surface area contributed by atoms with Crippen molar-refractivity contribution in [1.82, 2.24) is 10.8 Å². The van der Waals surface area contributed by atoms with E-state index in [0.717, 1.165) is 32.1 Å². The smallest absolute Gasteiger partial charge is 0.243 e. The van der Waals surface area contributed by atoms with Crippen LogP contribution in [-0.4, -0.2) is 24.5 Å². The van der Waals surface area contributed by atoms with Gasteiger partial charge in [-0.2, -0.15) is 0 Å². The predicted molar refractivity (Wildman–Crippen MR) is 117 cm³/mol. The van der Waals surface area contributed by atoms with Gasteiger partial charge in [0.15, 0.2) is 0 Å². The molecule has 0 saturated heterocycles. The first-order valence-corrected chi connectivity index (χ1v) is 11.1. The first-order chi connectivity index (χ1) is 12.9. The van der Waals surface area contributed by atoms with Crippen LogP contribution in [0.1, 0.15) is 113 Å². The Hall–Kier alpha value is -1.10. The van der Waals surface area contributed by atoms with Crippen molar-refractivity contribution in [3.63, 3.8) is 0 Å². The highest BCUT2D eigenvalue weighted by Gasteiger charge is 2.11. The maximum atomic E-state index is 11.9. The molecule has 2 N–H and O–H groups in total. The summed E-state index contributed by atoms with van der Waals surface area (Å²) in [4.78, 5) is 29.0. The zero-order valence-corrected chi connectivity index (χ0v) is 19.6. The van der Waals surface area contributed by atoms with Gasteiger partial charge >= 0.3 is 0 Å². The van der Waals surface area contributed by atoms with E-state index in [1.54, 1.807) is 0 Å². The number of rotatable bonds is 14. The Bertz CT molecular complexity index is 396. The summed E-state index contributed by atoms with van der Waals surface area (Å²) >= 11 is 0. The number of amides is 2. The summed E-state index contributed by atoms with van der Waals surface area (Å²) in [5, 5.41) is 2.87. The second-order valence-corrected chi connectivity index (χ2v) is 10.5. The number of unbranched alkanes of at least 4 members (excludes halogenated alkanes) is 4. The minimum Gasteiger partial charge on any atom is -0.353 e. The normalized spacial score (nSPS) is 13.2. The van der Waals surface area contributed by atoms with E-state index in [1.807, 2.05) is 6.92 Å². The van der Waals surface area contributed by atoms with E-state index >= 15 is 0 Å². The van der Waals surface area contributed by atoms with E-state index in [-0.39, 0.29) is 17.9 Å². The van der Waals surface area contributed by atoms with Crippen molar-refractivity contribution < 1.29 is 14.4 Å². The molecule has 0 aliphatic heterocycles. The third-order valence-electron chi connectivity index (χ3n) is 4.62. The van der Waals surface area contributed by atoms with Crippen LogP contribution in [-0.2, 0) is 14.4 Å². The summed E-state index contributed by atoms with van der Waals surface area (Å²) in [5.41, 5.74) is 3.22. The minimum atomic E-state index is -0.241. The average molecular weight is 399 g/mol. The molecule has 0 saturated carbocycles. The number of nitrogens with one attached hydrogen (secondary N) is 2. The highest BCUT2D eigenvalue weighted by Crippen LogP contribution is 2.23. The van der Waals surface area contributed by atoms with Crippen molar-refractivity contribution in [2.45, 2.75) is 119 Å². The van der Waals surface area contributed by atoms with E-state index in [4.69, 9.17) is 4.84 Å². The lowest BCUT2D eigenvalue weighted by Crippen LogP contribution is -2.36. The molecule has 0 rings (SSSR count). The van der Waals surface area contributed by atoms with Crippen LogP contribution in [0.4, 0.5) is 0 Å². The van der Waals surface area contributed by atoms with Gasteiger partial charge in [0, 0.05) is 19.4 Å². The minimum absolute atomic E-state index is 0.0522. The number of carbonyl (C=O) groups is 2. The van der Waals surface area contributed by atoms with Crippen molar-refractivity contribution >= 4 is 11.8 Å². The van der Waals surface area contributed by atoms with E-state index < -0.39 is 0 Å². The molecular weight excluding hydrogens is 352 g/mol. The van der Waals surface area contributed by atoms with Crippen LogP contribution in [0.15, 0.2) is 0 Å². The van der Waals surface area contributed by atoms with Crippen molar-refractivity contribution in [1.29, 1.82) is 0 Å². The van der Waals surface area contributed by atoms with E-state index in [1.165, 1.54) is 19.3 Å². The number of hydroxylamine groups is 1. The van der Waals surface area contributed by atoms with Gasteiger partial charge < -0.3 is 5.32 Å². The fraction of sp³-hybridized carbons (Fsp3) is 0.913. The lowest BCUT2D eigenvalue weighted by atomic mass is 9.89. The highest BCUT2D eigenvalue weighted by molar-refractivity contribution is 5.76. The standard InChI is InChI=1S/C23H46N2O3/c1-19(18-24-20(26)14-10-8-12-16-22(2,3)4)28-25-21(27)15-11-9-13-17-23(5,6)7/h19H,8-18H2,1-7H3,(H,24,26)(H,25,27). The molecule has 0 spiro atoms. The van der Waals surface area contributed by atoms with Crippen LogP contribution in [0.25, 0.3) is 0 Å². The molecule has 5 heteroatoms. The van der Waals surface area contributed by atoms with Gasteiger partial charge in [0.1, 0.15) is 0 Å². The van der Waals surface area contributed by atoms with Crippen molar-refractivity contribution in [2.24, 2.45) is 10.8 Å². The number of hydrogen-bond acceptors (Lipinski definition) is 3. The summed E-state index contributed by atoms with van der Waals surface area (Å²) in [6, 6.07) is 0. The molecule has 0 aromatic heterocycles. The Morgan fingerprint density at radius 3 is 1.68 bits per heavy atom. The molecule has 0 radical (unpaired) electrons. The summed E-state index contributed by atoms with van der Waals surface area (Å²) in [7, 11) is 0. The zero-order valence-electron chi connectivity index (χ0n) is 19.6. The van der Waals surface area contributed by atoms with E-state index in [9.17, 15) is 9.59 Å². The number of hydrogen-bond donors (Lipinski definition) is 2. The van der Waals surface area contributed by atoms with Crippen LogP contribution < -0.4 is 10.8 Å². The maximum absolute atomic E-state index is 11.9. The maximum Gasteiger partial charge on any atom is 0.243 e. The molecular formula is C23H46N2O3. The molecule has 0 heterocycles. The predicted octanol–water partition coefficient (Wildman–Crippen LogP) is 5.53. The summed E-state index contributed by atoms with van der Waals surface area (Å²) in [6.07, 6.45) is 9.43. The lowest BCUT2D eigenvalue weighted by molar-refractivity contribution is -0.137. The van der Waals surface area contributed by atoms with Crippen LogP contribution in [0, 0.1) is 10.8 Å². The van der Waals surface area contributed by atoms with E-state index in [0.29, 0.717) is 30.2 Å². The van der Waals surface area contributed by atoms with Gasteiger partial charge in [-0.1, -0.05) is 67.2 Å². The van der Waals surface area contributed by atoms with Gasteiger partial charge in [0.25, 0.3) is 0 Å². The third kappa shape index (κ3) is 19.7. The fourth-order valence-corrected chi connectivity index (χ4v) is 2.84. The molecule has 166 valence electrons. The van der Waals surface area contributed by atoms with Gasteiger partial charge in [-0.05, 0) is 43.4 Å². The zero-order chi connectivity index (χ0) is 21.6. The molecule has 0 aromatic carbocycles. The van der Waals surface area contributed by atoms with Gasteiger partial charge in [-0.3, -0.25) is 14.4 Å². The van der Waals surface area contributed by atoms with Gasteiger partial charge in [0.2, 0.25) is 11.8 Å². The third-order valence-corrected chi connectivity index (χ3v) is 4.62. The molecule has 5 nitrogen and oxygen atoms in total. The van der Waals surface area contributed by atoms with Crippen molar-refractivity contribution in [3.8, 4) is 0 Å².